The number of rotatable bonds is 9. The monoisotopic (exact) mass is 394 g/mol. The Balaban J connectivity index is 2.04. The first-order chi connectivity index (χ1) is 13.4. The van der Waals surface area contributed by atoms with Gasteiger partial charge >= 0.3 is 12.6 Å². The Hall–Kier alpha value is -3.03. The van der Waals surface area contributed by atoms with Crippen LogP contribution in [0.4, 0.5) is 19.3 Å². The summed E-state index contributed by atoms with van der Waals surface area (Å²) in [7, 11) is 1.63. The van der Waals surface area contributed by atoms with Crippen molar-refractivity contribution < 1.29 is 27.8 Å². The Morgan fingerprint density at radius 2 is 1.68 bits per heavy atom. The van der Waals surface area contributed by atoms with Gasteiger partial charge in [0.05, 0.1) is 18.9 Å². The molecule has 8 heteroatoms. The second-order valence-electron chi connectivity index (χ2n) is 5.83. The normalized spacial score (nSPS) is 10.5. The van der Waals surface area contributed by atoms with E-state index in [-0.39, 0.29) is 18.3 Å². The van der Waals surface area contributed by atoms with Gasteiger partial charge in [-0.05, 0) is 43.7 Å². The number of halogens is 2. The van der Waals surface area contributed by atoms with Crippen LogP contribution in [0.3, 0.4) is 0 Å². The van der Waals surface area contributed by atoms with Crippen LogP contribution in [-0.2, 0) is 6.54 Å². The fourth-order valence-corrected chi connectivity index (χ4v) is 2.48. The van der Waals surface area contributed by atoms with Gasteiger partial charge in [0.15, 0.2) is 0 Å². The van der Waals surface area contributed by atoms with Crippen LogP contribution in [0.1, 0.15) is 19.4 Å². The molecular formula is C20H24F2N2O4. The van der Waals surface area contributed by atoms with Crippen LogP contribution in [-0.4, -0.2) is 37.8 Å². The summed E-state index contributed by atoms with van der Waals surface area (Å²) in [5.41, 5.74) is 1.28. The van der Waals surface area contributed by atoms with Crippen LogP contribution in [0, 0.1) is 0 Å². The van der Waals surface area contributed by atoms with Gasteiger partial charge in [0.25, 0.3) is 0 Å². The van der Waals surface area contributed by atoms with Crippen LogP contribution in [0.15, 0.2) is 42.5 Å². The molecule has 152 valence electrons. The lowest BCUT2D eigenvalue weighted by atomic mass is 10.2. The molecule has 0 aliphatic heterocycles. The Bertz CT molecular complexity index is 769. The Kier molecular flexibility index (Phi) is 7.86. The Morgan fingerprint density at radius 1 is 1.04 bits per heavy atom. The van der Waals surface area contributed by atoms with Crippen molar-refractivity contribution in [2.75, 3.05) is 25.6 Å². The molecule has 1 N–H and O–H groups in total. The van der Waals surface area contributed by atoms with Crippen molar-refractivity contribution in [1.82, 2.24) is 4.90 Å². The average Bonchev–Trinajstić information content (AvgIpc) is 2.65. The quantitative estimate of drug-likeness (QED) is 0.667. The first kappa shape index (κ1) is 21.3. The number of carbonyl (C=O) groups is 1. The van der Waals surface area contributed by atoms with Crippen molar-refractivity contribution in [3.8, 4) is 17.2 Å². The summed E-state index contributed by atoms with van der Waals surface area (Å²) in [4.78, 5) is 14.0. The number of alkyl halides is 2. The predicted molar refractivity (Wildman–Crippen MR) is 102 cm³/mol. The molecule has 0 saturated heterocycles. The standard InChI is InChI=1S/C20H24F2N2O4/c1-4-26-16-10-11-18(27-5-2)17(12-16)23-20(25)24(3)13-14-6-8-15(9-7-14)28-19(21)22/h6-12,19H,4-5,13H2,1-3H3,(H,23,25). The molecule has 0 radical (unpaired) electrons. The molecule has 0 unspecified atom stereocenters. The zero-order valence-electron chi connectivity index (χ0n) is 16.1. The fourth-order valence-electron chi connectivity index (χ4n) is 2.48. The van der Waals surface area contributed by atoms with E-state index in [1.54, 1.807) is 37.4 Å². The third kappa shape index (κ3) is 6.29. The maximum absolute atomic E-state index is 12.5. The minimum Gasteiger partial charge on any atom is -0.494 e. The minimum absolute atomic E-state index is 0.0694. The van der Waals surface area contributed by atoms with E-state index in [9.17, 15) is 13.6 Å². The number of hydrogen-bond acceptors (Lipinski definition) is 4. The maximum Gasteiger partial charge on any atom is 0.387 e. The summed E-state index contributed by atoms with van der Waals surface area (Å²) < 4.78 is 39.7. The molecule has 0 spiro atoms. The van der Waals surface area contributed by atoms with Crippen molar-refractivity contribution in [1.29, 1.82) is 0 Å². The smallest absolute Gasteiger partial charge is 0.387 e. The first-order valence-corrected chi connectivity index (χ1v) is 8.88. The van der Waals surface area contributed by atoms with E-state index in [2.05, 4.69) is 10.1 Å². The van der Waals surface area contributed by atoms with Gasteiger partial charge in [-0.2, -0.15) is 8.78 Å². The van der Waals surface area contributed by atoms with Crippen molar-refractivity contribution in [2.45, 2.75) is 27.0 Å². The molecule has 0 saturated carbocycles. The van der Waals surface area contributed by atoms with E-state index in [0.29, 0.717) is 30.4 Å². The second kappa shape index (κ2) is 10.3. The molecule has 0 atom stereocenters. The van der Waals surface area contributed by atoms with E-state index in [4.69, 9.17) is 9.47 Å². The van der Waals surface area contributed by atoms with Gasteiger partial charge in [0.2, 0.25) is 0 Å². The molecule has 28 heavy (non-hydrogen) atoms. The van der Waals surface area contributed by atoms with E-state index in [1.165, 1.54) is 17.0 Å². The van der Waals surface area contributed by atoms with Gasteiger partial charge in [-0.25, -0.2) is 4.79 Å². The molecule has 2 aromatic carbocycles. The van der Waals surface area contributed by atoms with E-state index in [1.807, 2.05) is 13.8 Å². The van der Waals surface area contributed by atoms with Crippen molar-refractivity contribution in [3.63, 3.8) is 0 Å². The predicted octanol–water partition coefficient (Wildman–Crippen LogP) is 4.75. The van der Waals surface area contributed by atoms with Crippen molar-refractivity contribution in [3.05, 3.63) is 48.0 Å². The molecule has 0 aliphatic rings. The highest BCUT2D eigenvalue weighted by molar-refractivity contribution is 5.91. The SMILES string of the molecule is CCOc1ccc(OCC)c(NC(=O)N(C)Cc2ccc(OC(F)F)cc2)c1. The summed E-state index contributed by atoms with van der Waals surface area (Å²) in [6.45, 7) is 2.11. The number of carbonyl (C=O) groups excluding carboxylic acids is 1. The largest absolute Gasteiger partial charge is 0.494 e. The van der Waals surface area contributed by atoms with Crippen LogP contribution in [0.5, 0.6) is 17.2 Å². The number of ether oxygens (including phenoxy) is 3. The fraction of sp³-hybridized carbons (Fsp3) is 0.350. The minimum atomic E-state index is -2.87. The van der Waals surface area contributed by atoms with Crippen molar-refractivity contribution >= 4 is 11.7 Å². The van der Waals surface area contributed by atoms with Gasteiger partial charge in [-0.3, -0.25) is 0 Å². The number of amides is 2. The number of anilines is 1. The third-order valence-electron chi connectivity index (χ3n) is 3.72. The molecule has 0 fully saturated rings. The Labute approximate surface area is 163 Å². The third-order valence-corrected chi connectivity index (χ3v) is 3.72. The van der Waals surface area contributed by atoms with E-state index >= 15 is 0 Å². The topological polar surface area (TPSA) is 60.0 Å². The molecule has 0 heterocycles. The molecule has 2 rings (SSSR count). The molecule has 0 aliphatic carbocycles. The summed E-state index contributed by atoms with van der Waals surface area (Å²) in [6.07, 6.45) is 0. The maximum atomic E-state index is 12.5. The van der Waals surface area contributed by atoms with Crippen LogP contribution in [0.2, 0.25) is 0 Å². The van der Waals surface area contributed by atoms with Gasteiger partial charge < -0.3 is 24.4 Å². The van der Waals surface area contributed by atoms with Gasteiger partial charge in [-0.1, -0.05) is 12.1 Å². The zero-order chi connectivity index (χ0) is 20.5. The summed E-state index contributed by atoms with van der Waals surface area (Å²) >= 11 is 0. The highest BCUT2D eigenvalue weighted by atomic mass is 19.3. The number of nitrogens with zero attached hydrogens (tertiary/aromatic N) is 1. The number of nitrogens with one attached hydrogen (secondary N) is 1. The zero-order valence-corrected chi connectivity index (χ0v) is 16.1. The highest BCUT2D eigenvalue weighted by Crippen LogP contribution is 2.29. The van der Waals surface area contributed by atoms with Crippen LogP contribution >= 0.6 is 0 Å². The van der Waals surface area contributed by atoms with Crippen LogP contribution in [0.25, 0.3) is 0 Å². The summed E-state index contributed by atoms with van der Waals surface area (Å²) in [5.74, 6) is 1.24. The highest BCUT2D eigenvalue weighted by Gasteiger charge is 2.14. The second-order valence-corrected chi connectivity index (χ2v) is 5.83. The lowest BCUT2D eigenvalue weighted by Gasteiger charge is -2.20. The number of urea groups is 1. The van der Waals surface area contributed by atoms with E-state index in [0.717, 1.165) is 5.56 Å². The Morgan fingerprint density at radius 3 is 2.29 bits per heavy atom. The molecule has 2 aromatic rings. The van der Waals surface area contributed by atoms with Crippen molar-refractivity contribution in [2.24, 2.45) is 0 Å². The van der Waals surface area contributed by atoms with Gasteiger partial charge in [-0.15, -0.1) is 0 Å². The average molecular weight is 394 g/mol. The van der Waals surface area contributed by atoms with Crippen LogP contribution < -0.4 is 19.5 Å². The number of benzene rings is 2. The molecular weight excluding hydrogens is 370 g/mol. The molecule has 0 bridgehead atoms. The van der Waals surface area contributed by atoms with Gasteiger partial charge in [0.1, 0.15) is 17.2 Å². The number of hydrogen-bond donors (Lipinski definition) is 1. The van der Waals surface area contributed by atoms with Gasteiger partial charge in [0, 0.05) is 19.7 Å². The molecule has 6 nitrogen and oxygen atoms in total. The summed E-state index contributed by atoms with van der Waals surface area (Å²) in [6, 6.07) is 11.0. The lowest BCUT2D eigenvalue weighted by molar-refractivity contribution is -0.0498. The summed E-state index contributed by atoms with van der Waals surface area (Å²) in [5, 5.41) is 2.81. The lowest BCUT2D eigenvalue weighted by Crippen LogP contribution is -2.31. The molecule has 2 amide bonds. The van der Waals surface area contributed by atoms with E-state index < -0.39 is 6.61 Å². The molecule has 0 aromatic heterocycles. The first-order valence-electron chi connectivity index (χ1n) is 8.88.